The minimum atomic E-state index is -0.925. The third-order valence-electron chi connectivity index (χ3n) is 3.00. The molecule has 1 unspecified atom stereocenters. The summed E-state index contributed by atoms with van der Waals surface area (Å²) < 4.78 is 0. The van der Waals surface area contributed by atoms with E-state index in [2.05, 4.69) is 5.32 Å². The van der Waals surface area contributed by atoms with E-state index < -0.39 is 5.97 Å². The van der Waals surface area contributed by atoms with Gasteiger partial charge in [0.15, 0.2) is 0 Å². The standard InChI is InChI=1S/C17H17NO2/c19-17(20)12-11-15(14-7-3-1-4-8-14)13-18-16-9-5-2-6-10-16/h1-12,15,18H,13H2,(H,19,20). The summed E-state index contributed by atoms with van der Waals surface area (Å²) in [5.41, 5.74) is 2.12. The Morgan fingerprint density at radius 3 is 2.25 bits per heavy atom. The molecule has 0 radical (unpaired) electrons. The molecule has 102 valence electrons. The van der Waals surface area contributed by atoms with Crippen molar-refractivity contribution in [2.75, 3.05) is 11.9 Å². The Hall–Kier alpha value is -2.55. The van der Waals surface area contributed by atoms with E-state index in [9.17, 15) is 4.79 Å². The second-order valence-corrected chi connectivity index (χ2v) is 4.46. The molecular weight excluding hydrogens is 250 g/mol. The molecule has 0 bridgehead atoms. The molecule has 2 rings (SSSR count). The zero-order valence-corrected chi connectivity index (χ0v) is 11.1. The minimum absolute atomic E-state index is 0.0208. The van der Waals surface area contributed by atoms with Gasteiger partial charge in [-0.25, -0.2) is 4.79 Å². The van der Waals surface area contributed by atoms with Crippen LogP contribution in [0.1, 0.15) is 11.5 Å². The number of para-hydroxylation sites is 1. The summed E-state index contributed by atoms with van der Waals surface area (Å²) in [5, 5.41) is 12.1. The molecule has 1 atom stereocenters. The smallest absolute Gasteiger partial charge is 0.327 e. The predicted molar refractivity (Wildman–Crippen MR) is 80.9 cm³/mol. The van der Waals surface area contributed by atoms with E-state index in [1.54, 1.807) is 6.08 Å². The molecule has 2 aromatic rings. The van der Waals surface area contributed by atoms with E-state index in [-0.39, 0.29) is 5.92 Å². The average molecular weight is 267 g/mol. The van der Waals surface area contributed by atoms with Gasteiger partial charge in [-0.3, -0.25) is 0 Å². The lowest BCUT2D eigenvalue weighted by molar-refractivity contribution is -0.131. The molecule has 2 aromatic carbocycles. The van der Waals surface area contributed by atoms with Crippen LogP contribution in [-0.2, 0) is 4.79 Å². The van der Waals surface area contributed by atoms with E-state index in [0.29, 0.717) is 6.54 Å². The van der Waals surface area contributed by atoms with Gasteiger partial charge in [0.25, 0.3) is 0 Å². The average Bonchev–Trinajstić information content (AvgIpc) is 2.49. The van der Waals surface area contributed by atoms with Gasteiger partial charge in [0, 0.05) is 24.2 Å². The summed E-state index contributed by atoms with van der Waals surface area (Å²) >= 11 is 0. The van der Waals surface area contributed by atoms with E-state index in [1.807, 2.05) is 60.7 Å². The highest BCUT2D eigenvalue weighted by atomic mass is 16.4. The first kappa shape index (κ1) is 13.9. The van der Waals surface area contributed by atoms with Crippen LogP contribution in [0.3, 0.4) is 0 Å². The van der Waals surface area contributed by atoms with Crippen LogP contribution in [0.25, 0.3) is 0 Å². The molecule has 20 heavy (non-hydrogen) atoms. The summed E-state index contributed by atoms with van der Waals surface area (Å²) in [6.45, 7) is 0.651. The van der Waals surface area contributed by atoms with Gasteiger partial charge >= 0.3 is 5.97 Å². The van der Waals surface area contributed by atoms with Crippen molar-refractivity contribution < 1.29 is 9.90 Å². The molecule has 2 N–H and O–H groups in total. The summed E-state index contributed by atoms with van der Waals surface area (Å²) in [6, 6.07) is 19.7. The number of hydrogen-bond donors (Lipinski definition) is 2. The molecular formula is C17H17NO2. The van der Waals surface area contributed by atoms with E-state index in [1.165, 1.54) is 6.08 Å². The van der Waals surface area contributed by atoms with E-state index in [0.717, 1.165) is 11.3 Å². The highest BCUT2D eigenvalue weighted by Crippen LogP contribution is 2.18. The van der Waals surface area contributed by atoms with Crippen LogP contribution in [0.4, 0.5) is 5.69 Å². The zero-order chi connectivity index (χ0) is 14.2. The van der Waals surface area contributed by atoms with Gasteiger partial charge in [-0.1, -0.05) is 54.6 Å². The van der Waals surface area contributed by atoms with Crippen LogP contribution in [-0.4, -0.2) is 17.6 Å². The molecule has 0 saturated heterocycles. The molecule has 0 aliphatic heterocycles. The number of benzene rings is 2. The molecule has 0 spiro atoms. The Kier molecular flexibility index (Phi) is 4.95. The van der Waals surface area contributed by atoms with Crippen LogP contribution < -0.4 is 5.32 Å². The lowest BCUT2D eigenvalue weighted by atomic mass is 9.98. The largest absolute Gasteiger partial charge is 0.478 e. The fourth-order valence-electron chi connectivity index (χ4n) is 1.98. The Balaban J connectivity index is 2.09. The molecule has 0 heterocycles. The highest BCUT2D eigenvalue weighted by molar-refractivity contribution is 5.79. The summed E-state index contributed by atoms with van der Waals surface area (Å²) in [6.07, 6.45) is 2.91. The van der Waals surface area contributed by atoms with Crippen molar-refractivity contribution >= 4 is 11.7 Å². The van der Waals surface area contributed by atoms with Crippen LogP contribution in [0.2, 0.25) is 0 Å². The van der Waals surface area contributed by atoms with Gasteiger partial charge in [-0.2, -0.15) is 0 Å². The van der Waals surface area contributed by atoms with Crippen molar-refractivity contribution in [2.45, 2.75) is 5.92 Å². The highest BCUT2D eigenvalue weighted by Gasteiger charge is 2.08. The van der Waals surface area contributed by atoms with E-state index in [4.69, 9.17) is 5.11 Å². The fourth-order valence-corrected chi connectivity index (χ4v) is 1.98. The van der Waals surface area contributed by atoms with Crippen LogP contribution in [0, 0.1) is 0 Å². The summed E-state index contributed by atoms with van der Waals surface area (Å²) in [4.78, 5) is 10.7. The monoisotopic (exact) mass is 267 g/mol. The number of carboxylic acid groups (broad SMARTS) is 1. The van der Waals surface area contributed by atoms with Crippen molar-refractivity contribution in [3.05, 3.63) is 78.4 Å². The number of nitrogens with one attached hydrogen (secondary N) is 1. The molecule has 0 amide bonds. The zero-order valence-electron chi connectivity index (χ0n) is 11.1. The van der Waals surface area contributed by atoms with Gasteiger partial charge < -0.3 is 10.4 Å². The second kappa shape index (κ2) is 7.14. The van der Waals surface area contributed by atoms with Gasteiger partial charge in [-0.05, 0) is 17.7 Å². The van der Waals surface area contributed by atoms with Crippen LogP contribution >= 0.6 is 0 Å². The van der Waals surface area contributed by atoms with Crippen molar-refractivity contribution in [2.24, 2.45) is 0 Å². The first-order valence-corrected chi connectivity index (χ1v) is 6.50. The van der Waals surface area contributed by atoms with Gasteiger partial charge in [0.1, 0.15) is 0 Å². The van der Waals surface area contributed by atoms with Crippen molar-refractivity contribution in [3.8, 4) is 0 Å². The molecule has 0 aromatic heterocycles. The Bertz CT molecular complexity index is 564. The maximum Gasteiger partial charge on any atom is 0.327 e. The lowest BCUT2D eigenvalue weighted by Crippen LogP contribution is -2.11. The van der Waals surface area contributed by atoms with Crippen molar-refractivity contribution in [1.82, 2.24) is 0 Å². The van der Waals surface area contributed by atoms with Crippen LogP contribution in [0.15, 0.2) is 72.8 Å². The van der Waals surface area contributed by atoms with Crippen molar-refractivity contribution in [1.29, 1.82) is 0 Å². The number of carboxylic acids is 1. The molecule has 0 fully saturated rings. The van der Waals surface area contributed by atoms with Gasteiger partial charge in [0.2, 0.25) is 0 Å². The topological polar surface area (TPSA) is 49.3 Å². The Labute approximate surface area is 118 Å². The maximum absolute atomic E-state index is 10.7. The quantitative estimate of drug-likeness (QED) is 0.787. The summed E-state index contributed by atoms with van der Waals surface area (Å²) in [5.74, 6) is -0.904. The summed E-state index contributed by atoms with van der Waals surface area (Å²) in [7, 11) is 0. The van der Waals surface area contributed by atoms with Gasteiger partial charge in [-0.15, -0.1) is 0 Å². The second-order valence-electron chi connectivity index (χ2n) is 4.46. The van der Waals surface area contributed by atoms with Crippen LogP contribution in [0.5, 0.6) is 0 Å². The van der Waals surface area contributed by atoms with E-state index >= 15 is 0 Å². The molecule has 3 heteroatoms. The van der Waals surface area contributed by atoms with Gasteiger partial charge in [0.05, 0.1) is 0 Å². The fraction of sp³-hybridized carbons (Fsp3) is 0.118. The third kappa shape index (κ3) is 4.28. The lowest BCUT2D eigenvalue weighted by Gasteiger charge is -2.15. The number of anilines is 1. The number of rotatable bonds is 6. The van der Waals surface area contributed by atoms with Crippen molar-refractivity contribution in [3.63, 3.8) is 0 Å². The Morgan fingerprint density at radius 1 is 1.05 bits per heavy atom. The number of aliphatic carboxylic acids is 1. The molecule has 0 aliphatic rings. The maximum atomic E-state index is 10.7. The molecule has 0 aliphatic carbocycles. The predicted octanol–water partition coefficient (Wildman–Crippen LogP) is 3.52. The number of hydrogen-bond acceptors (Lipinski definition) is 2. The molecule has 3 nitrogen and oxygen atoms in total. The number of carbonyl (C=O) groups is 1. The first-order chi connectivity index (χ1) is 9.75. The Morgan fingerprint density at radius 2 is 1.65 bits per heavy atom. The SMILES string of the molecule is O=C(O)C=CC(CNc1ccccc1)c1ccccc1. The first-order valence-electron chi connectivity index (χ1n) is 6.50. The third-order valence-corrected chi connectivity index (χ3v) is 3.00. The molecule has 0 saturated carbocycles. The normalized spacial score (nSPS) is 12.2. The minimum Gasteiger partial charge on any atom is -0.478 e.